The van der Waals surface area contributed by atoms with E-state index in [0.29, 0.717) is 12.2 Å². The first-order valence-electron chi connectivity index (χ1n) is 10.6. The number of hydrogen-bond acceptors (Lipinski definition) is 6. The maximum atomic E-state index is 12.5. The number of benzene rings is 3. The van der Waals surface area contributed by atoms with Gasteiger partial charge in [-0.1, -0.05) is 72.8 Å². The molecule has 1 amide bonds. The predicted octanol–water partition coefficient (Wildman–Crippen LogP) is 3.16. The van der Waals surface area contributed by atoms with Gasteiger partial charge in [0.15, 0.2) is 6.61 Å². The number of amides is 1. The molecule has 166 valence electrons. The van der Waals surface area contributed by atoms with E-state index in [1.165, 1.54) is 22.1 Å². The van der Waals surface area contributed by atoms with Crippen LogP contribution in [-0.2, 0) is 9.53 Å². The van der Waals surface area contributed by atoms with Crippen LogP contribution in [0.5, 0.6) is 0 Å². The minimum atomic E-state index is -0.623. The first kappa shape index (κ1) is 21.9. The molecule has 8 nitrogen and oxygen atoms in total. The number of nitrogens with one attached hydrogen (secondary N) is 1. The van der Waals surface area contributed by atoms with E-state index in [1.54, 1.807) is 24.3 Å². The zero-order valence-electron chi connectivity index (χ0n) is 17.9. The van der Waals surface area contributed by atoms with Crippen molar-refractivity contribution in [3.8, 4) is 5.69 Å². The molecule has 8 heteroatoms. The van der Waals surface area contributed by atoms with Crippen molar-refractivity contribution in [2.45, 2.75) is 12.3 Å². The van der Waals surface area contributed by atoms with E-state index in [1.807, 2.05) is 36.4 Å². The van der Waals surface area contributed by atoms with E-state index in [0.717, 1.165) is 6.42 Å². The molecule has 0 unspecified atom stereocenters. The van der Waals surface area contributed by atoms with Gasteiger partial charge in [0.2, 0.25) is 0 Å². The molecular formula is C25H23N5O3. The fraction of sp³-hybridized carbons (Fsp3) is 0.160. The number of carbonyl (C=O) groups excluding carboxylic acids is 2. The number of carbonyl (C=O) groups is 2. The lowest BCUT2D eigenvalue weighted by atomic mass is 9.88. The Morgan fingerprint density at radius 2 is 1.52 bits per heavy atom. The highest BCUT2D eigenvalue weighted by atomic mass is 16.5. The maximum absolute atomic E-state index is 12.5. The van der Waals surface area contributed by atoms with E-state index in [2.05, 4.69) is 45.1 Å². The summed E-state index contributed by atoms with van der Waals surface area (Å²) in [5.74, 6) is -0.829. The third kappa shape index (κ3) is 5.68. The number of para-hydroxylation sites is 1. The molecule has 0 fully saturated rings. The molecule has 33 heavy (non-hydrogen) atoms. The van der Waals surface area contributed by atoms with E-state index in [4.69, 9.17) is 4.74 Å². The van der Waals surface area contributed by atoms with Gasteiger partial charge in [-0.15, -0.1) is 5.10 Å². The van der Waals surface area contributed by atoms with Crippen molar-refractivity contribution in [3.63, 3.8) is 0 Å². The summed E-state index contributed by atoms with van der Waals surface area (Å²) in [4.78, 5) is 24.9. The van der Waals surface area contributed by atoms with E-state index in [-0.39, 0.29) is 24.0 Å². The Hall–Kier alpha value is -4.33. The Morgan fingerprint density at radius 1 is 0.879 bits per heavy atom. The van der Waals surface area contributed by atoms with Crippen LogP contribution in [0, 0.1) is 0 Å². The minimum Gasteiger partial charge on any atom is -0.452 e. The van der Waals surface area contributed by atoms with Gasteiger partial charge in [0, 0.05) is 12.5 Å². The number of esters is 1. The molecule has 3 aromatic carbocycles. The molecule has 1 N–H and O–H groups in total. The number of nitrogens with zero attached hydrogens (tertiary/aromatic N) is 4. The van der Waals surface area contributed by atoms with Gasteiger partial charge in [-0.3, -0.25) is 4.79 Å². The van der Waals surface area contributed by atoms with Gasteiger partial charge in [0.1, 0.15) is 6.33 Å². The van der Waals surface area contributed by atoms with Gasteiger partial charge in [0.25, 0.3) is 5.91 Å². The third-order valence-corrected chi connectivity index (χ3v) is 5.21. The van der Waals surface area contributed by atoms with Crippen LogP contribution >= 0.6 is 0 Å². The second-order valence-electron chi connectivity index (χ2n) is 7.36. The molecule has 4 rings (SSSR count). The Bertz CT molecular complexity index is 1140. The molecule has 0 aliphatic rings. The lowest BCUT2D eigenvalue weighted by Crippen LogP contribution is -2.30. The number of rotatable bonds is 9. The number of aromatic nitrogens is 4. The molecule has 1 heterocycles. The topological polar surface area (TPSA) is 99.0 Å². The molecule has 0 atom stereocenters. The van der Waals surface area contributed by atoms with Crippen LogP contribution in [0.4, 0.5) is 0 Å². The van der Waals surface area contributed by atoms with Crippen molar-refractivity contribution >= 4 is 11.9 Å². The van der Waals surface area contributed by atoms with Crippen LogP contribution in [-0.4, -0.2) is 45.2 Å². The SMILES string of the molecule is O=C(COC(=O)c1ccccc1-n1cnnn1)NCCC(c1ccccc1)c1ccccc1. The summed E-state index contributed by atoms with van der Waals surface area (Å²) in [5, 5.41) is 13.8. The van der Waals surface area contributed by atoms with Gasteiger partial charge < -0.3 is 10.1 Å². The maximum Gasteiger partial charge on any atom is 0.340 e. The first-order valence-corrected chi connectivity index (χ1v) is 10.6. The number of ether oxygens (including phenoxy) is 1. The van der Waals surface area contributed by atoms with Crippen molar-refractivity contribution in [2.24, 2.45) is 0 Å². The monoisotopic (exact) mass is 441 g/mol. The smallest absolute Gasteiger partial charge is 0.340 e. The van der Waals surface area contributed by atoms with E-state index in [9.17, 15) is 9.59 Å². The number of tetrazole rings is 1. The molecule has 0 bridgehead atoms. The van der Waals surface area contributed by atoms with Crippen molar-refractivity contribution in [1.82, 2.24) is 25.5 Å². The van der Waals surface area contributed by atoms with Gasteiger partial charge in [-0.05, 0) is 40.1 Å². The van der Waals surface area contributed by atoms with Crippen LogP contribution in [0.3, 0.4) is 0 Å². The quantitative estimate of drug-likeness (QED) is 0.401. The largest absolute Gasteiger partial charge is 0.452 e. The Morgan fingerprint density at radius 3 is 2.15 bits per heavy atom. The molecule has 0 radical (unpaired) electrons. The van der Waals surface area contributed by atoms with Gasteiger partial charge >= 0.3 is 5.97 Å². The summed E-state index contributed by atoms with van der Waals surface area (Å²) < 4.78 is 6.59. The zero-order chi connectivity index (χ0) is 22.9. The summed E-state index contributed by atoms with van der Waals surface area (Å²) in [5.41, 5.74) is 3.11. The molecule has 0 spiro atoms. The fourth-order valence-electron chi connectivity index (χ4n) is 3.63. The van der Waals surface area contributed by atoms with Crippen LogP contribution in [0.2, 0.25) is 0 Å². The second kappa shape index (κ2) is 10.8. The summed E-state index contributed by atoms with van der Waals surface area (Å²) in [6.07, 6.45) is 2.10. The molecule has 0 aliphatic heterocycles. The molecule has 4 aromatic rings. The van der Waals surface area contributed by atoms with Crippen molar-refractivity contribution < 1.29 is 14.3 Å². The Kier molecular flexibility index (Phi) is 7.17. The van der Waals surface area contributed by atoms with Crippen molar-refractivity contribution in [3.05, 3.63) is 108 Å². The fourth-order valence-corrected chi connectivity index (χ4v) is 3.63. The summed E-state index contributed by atoms with van der Waals surface area (Å²) in [6.45, 7) is 0.0795. The van der Waals surface area contributed by atoms with Crippen molar-refractivity contribution in [1.29, 1.82) is 0 Å². The van der Waals surface area contributed by atoms with Crippen LogP contribution in [0.1, 0.15) is 33.8 Å². The van der Waals surface area contributed by atoms with Gasteiger partial charge in [-0.25, -0.2) is 4.79 Å². The van der Waals surface area contributed by atoms with Crippen LogP contribution in [0.25, 0.3) is 5.69 Å². The molecule has 0 saturated carbocycles. The number of hydrogen-bond donors (Lipinski definition) is 1. The second-order valence-corrected chi connectivity index (χ2v) is 7.36. The third-order valence-electron chi connectivity index (χ3n) is 5.21. The average Bonchev–Trinajstić information content (AvgIpc) is 3.41. The van der Waals surface area contributed by atoms with E-state index >= 15 is 0 Å². The standard InChI is InChI=1S/C25H23N5O3/c31-24(17-33-25(32)22-13-7-8-14-23(22)30-18-27-28-29-30)26-16-15-21(19-9-3-1-4-10-19)20-11-5-2-6-12-20/h1-14,18,21H,15-17H2,(H,26,31). The minimum absolute atomic E-state index is 0.151. The van der Waals surface area contributed by atoms with Crippen LogP contribution in [0.15, 0.2) is 91.3 Å². The first-order chi connectivity index (χ1) is 16.2. The Labute approximate surface area is 191 Å². The average molecular weight is 441 g/mol. The lowest BCUT2D eigenvalue weighted by molar-refractivity contribution is -0.124. The summed E-state index contributed by atoms with van der Waals surface area (Å²) in [6, 6.07) is 27.1. The highest BCUT2D eigenvalue weighted by Crippen LogP contribution is 2.27. The highest BCUT2D eigenvalue weighted by Gasteiger charge is 2.17. The lowest BCUT2D eigenvalue weighted by Gasteiger charge is -2.18. The molecular weight excluding hydrogens is 418 g/mol. The Balaban J connectivity index is 1.32. The molecule has 0 saturated heterocycles. The summed E-state index contributed by atoms with van der Waals surface area (Å²) in [7, 11) is 0. The zero-order valence-corrected chi connectivity index (χ0v) is 17.9. The van der Waals surface area contributed by atoms with Gasteiger partial charge in [-0.2, -0.15) is 4.68 Å². The van der Waals surface area contributed by atoms with E-state index < -0.39 is 5.97 Å². The molecule has 1 aromatic heterocycles. The summed E-state index contributed by atoms with van der Waals surface area (Å²) >= 11 is 0. The molecule has 0 aliphatic carbocycles. The van der Waals surface area contributed by atoms with Crippen molar-refractivity contribution in [2.75, 3.05) is 13.2 Å². The highest BCUT2D eigenvalue weighted by molar-refractivity contribution is 5.94. The van der Waals surface area contributed by atoms with Gasteiger partial charge in [0.05, 0.1) is 11.3 Å². The normalized spacial score (nSPS) is 10.7. The predicted molar refractivity (Wildman–Crippen MR) is 122 cm³/mol. The van der Waals surface area contributed by atoms with Crippen LogP contribution < -0.4 is 5.32 Å².